The standard InChI is InChI=1S/C19H37N7O5S/c1-9(2)13(17(29)26-14(10(3)4)18(30)31)25-16(28)12(6-5-7-23-19(21)22)24-15(27)11(20)8-32/h9-14,32H,5-8,20H2,1-4H3,(H,24,27)(H,25,28)(H,26,29)(H,30,31)(H4,21,22,23). The quantitative estimate of drug-likeness (QED) is 0.0616. The van der Waals surface area contributed by atoms with E-state index in [9.17, 15) is 24.3 Å². The van der Waals surface area contributed by atoms with E-state index in [-0.39, 0.29) is 36.5 Å². The lowest BCUT2D eigenvalue weighted by molar-refractivity contribution is -0.143. The van der Waals surface area contributed by atoms with Crippen molar-refractivity contribution in [3.8, 4) is 0 Å². The number of rotatable bonds is 14. The molecule has 0 aromatic rings. The Morgan fingerprint density at radius 1 is 0.906 bits per heavy atom. The molecule has 12 nitrogen and oxygen atoms in total. The van der Waals surface area contributed by atoms with Crippen molar-refractivity contribution in [2.75, 3.05) is 12.3 Å². The summed E-state index contributed by atoms with van der Waals surface area (Å²) >= 11 is 3.98. The second-order valence-electron chi connectivity index (χ2n) is 8.10. The highest BCUT2D eigenvalue weighted by Gasteiger charge is 2.32. The number of thiol groups is 1. The smallest absolute Gasteiger partial charge is 0.326 e. The zero-order chi connectivity index (χ0) is 25.0. The van der Waals surface area contributed by atoms with Crippen molar-refractivity contribution in [2.24, 2.45) is 34.0 Å². The van der Waals surface area contributed by atoms with Crippen LogP contribution in [0, 0.1) is 11.8 Å². The number of nitrogens with zero attached hydrogens (tertiary/aromatic N) is 1. The van der Waals surface area contributed by atoms with Crippen LogP contribution < -0.4 is 33.2 Å². The van der Waals surface area contributed by atoms with Crippen LogP contribution in [0.2, 0.25) is 0 Å². The topological polar surface area (TPSA) is 215 Å². The predicted molar refractivity (Wildman–Crippen MR) is 125 cm³/mol. The van der Waals surface area contributed by atoms with Crippen molar-refractivity contribution in [3.63, 3.8) is 0 Å². The number of amides is 3. The van der Waals surface area contributed by atoms with Crippen LogP contribution in [0.25, 0.3) is 0 Å². The molecule has 0 spiro atoms. The van der Waals surface area contributed by atoms with Gasteiger partial charge in [0, 0.05) is 12.3 Å². The molecule has 0 aromatic carbocycles. The zero-order valence-electron chi connectivity index (χ0n) is 19.0. The van der Waals surface area contributed by atoms with Crippen LogP contribution in [0.15, 0.2) is 4.99 Å². The van der Waals surface area contributed by atoms with Crippen LogP contribution in [-0.2, 0) is 19.2 Å². The predicted octanol–water partition coefficient (Wildman–Crippen LogP) is -1.85. The van der Waals surface area contributed by atoms with E-state index < -0.39 is 47.9 Å². The van der Waals surface area contributed by atoms with Crippen molar-refractivity contribution >= 4 is 42.3 Å². The molecule has 4 atom stereocenters. The SMILES string of the molecule is CC(C)C(NC(=O)C(NC(=O)C(CCCN=C(N)N)NC(=O)C(N)CS)C(C)C)C(=O)O. The van der Waals surface area contributed by atoms with Gasteiger partial charge in [0.1, 0.15) is 18.1 Å². The Morgan fingerprint density at radius 3 is 1.88 bits per heavy atom. The molecule has 3 amide bonds. The molecular weight excluding hydrogens is 438 g/mol. The molecule has 0 heterocycles. The first-order valence-electron chi connectivity index (χ1n) is 10.4. The average Bonchev–Trinajstić information content (AvgIpc) is 2.70. The van der Waals surface area contributed by atoms with E-state index >= 15 is 0 Å². The Morgan fingerprint density at radius 2 is 1.44 bits per heavy atom. The number of carboxylic acid groups (broad SMARTS) is 1. The lowest BCUT2D eigenvalue weighted by atomic mass is 9.99. The van der Waals surface area contributed by atoms with Gasteiger partial charge in [-0.1, -0.05) is 27.7 Å². The summed E-state index contributed by atoms with van der Waals surface area (Å²) < 4.78 is 0. The Labute approximate surface area is 193 Å². The molecule has 0 saturated heterocycles. The maximum Gasteiger partial charge on any atom is 0.326 e. The van der Waals surface area contributed by atoms with Gasteiger partial charge in [0.05, 0.1) is 6.04 Å². The highest BCUT2D eigenvalue weighted by molar-refractivity contribution is 7.80. The fourth-order valence-electron chi connectivity index (χ4n) is 2.68. The van der Waals surface area contributed by atoms with E-state index in [0.29, 0.717) is 6.42 Å². The maximum atomic E-state index is 12.9. The molecule has 0 aliphatic carbocycles. The van der Waals surface area contributed by atoms with Gasteiger partial charge in [-0.05, 0) is 24.7 Å². The highest BCUT2D eigenvalue weighted by atomic mass is 32.1. The van der Waals surface area contributed by atoms with E-state index in [0.717, 1.165) is 0 Å². The molecule has 0 radical (unpaired) electrons. The Balaban J connectivity index is 5.44. The molecule has 184 valence electrons. The molecule has 10 N–H and O–H groups in total. The van der Waals surface area contributed by atoms with E-state index in [4.69, 9.17) is 17.2 Å². The molecule has 4 unspecified atom stereocenters. The summed E-state index contributed by atoms with van der Waals surface area (Å²) in [5.74, 6) is -3.71. The number of nitrogens with two attached hydrogens (primary N) is 3. The fraction of sp³-hybridized carbons (Fsp3) is 0.737. The minimum absolute atomic E-state index is 0.0803. The van der Waals surface area contributed by atoms with Gasteiger partial charge in [0.25, 0.3) is 0 Å². The first-order chi connectivity index (χ1) is 14.8. The largest absolute Gasteiger partial charge is 0.480 e. The third kappa shape index (κ3) is 10.7. The number of hydrogen-bond donors (Lipinski definition) is 8. The van der Waals surface area contributed by atoms with Gasteiger partial charge in [-0.15, -0.1) is 0 Å². The first kappa shape index (κ1) is 29.5. The van der Waals surface area contributed by atoms with Crippen LogP contribution in [0.4, 0.5) is 0 Å². The van der Waals surface area contributed by atoms with Crippen LogP contribution in [0.1, 0.15) is 40.5 Å². The molecular formula is C19H37N7O5S. The summed E-state index contributed by atoms with van der Waals surface area (Å²) in [5.41, 5.74) is 16.3. The second-order valence-corrected chi connectivity index (χ2v) is 8.46. The van der Waals surface area contributed by atoms with Gasteiger partial charge < -0.3 is 38.3 Å². The number of aliphatic carboxylic acids is 1. The summed E-state index contributed by atoms with van der Waals surface area (Å²) in [6, 6.07) is -4.04. The van der Waals surface area contributed by atoms with Gasteiger partial charge in [-0.25, -0.2) is 4.79 Å². The van der Waals surface area contributed by atoms with Crippen LogP contribution in [0.3, 0.4) is 0 Å². The van der Waals surface area contributed by atoms with Gasteiger partial charge in [0.2, 0.25) is 17.7 Å². The van der Waals surface area contributed by atoms with E-state index in [1.807, 2.05) is 0 Å². The summed E-state index contributed by atoms with van der Waals surface area (Å²) in [6.45, 7) is 6.98. The van der Waals surface area contributed by atoms with Crippen LogP contribution in [-0.4, -0.2) is 71.2 Å². The van der Waals surface area contributed by atoms with Gasteiger partial charge >= 0.3 is 5.97 Å². The number of aliphatic imine (C=N–C) groups is 1. The van der Waals surface area contributed by atoms with E-state index in [1.165, 1.54) is 0 Å². The molecule has 0 aliphatic rings. The fourth-order valence-corrected chi connectivity index (χ4v) is 2.85. The molecule has 0 aromatic heterocycles. The number of hydrogen-bond acceptors (Lipinski definition) is 7. The second kappa shape index (κ2) is 14.5. The van der Waals surface area contributed by atoms with Crippen molar-refractivity contribution in [1.82, 2.24) is 16.0 Å². The Kier molecular flexibility index (Phi) is 13.4. The third-order valence-corrected chi connectivity index (χ3v) is 4.98. The van der Waals surface area contributed by atoms with Crippen molar-refractivity contribution in [1.29, 1.82) is 0 Å². The number of guanidine groups is 1. The lowest BCUT2D eigenvalue weighted by Crippen LogP contribution is -2.59. The first-order valence-corrected chi connectivity index (χ1v) is 11.0. The molecule has 0 aliphatic heterocycles. The molecule has 0 fully saturated rings. The molecule has 0 bridgehead atoms. The summed E-state index contributed by atoms with van der Waals surface area (Å²) in [7, 11) is 0. The average molecular weight is 476 g/mol. The summed E-state index contributed by atoms with van der Waals surface area (Å²) in [6.07, 6.45) is 0.559. The number of nitrogens with one attached hydrogen (secondary N) is 3. The molecule has 0 rings (SSSR count). The van der Waals surface area contributed by atoms with Crippen LogP contribution in [0.5, 0.6) is 0 Å². The zero-order valence-corrected chi connectivity index (χ0v) is 19.9. The van der Waals surface area contributed by atoms with Crippen LogP contribution >= 0.6 is 12.6 Å². The Bertz CT molecular complexity index is 683. The number of carbonyl (C=O) groups is 4. The van der Waals surface area contributed by atoms with Gasteiger partial charge in [0.15, 0.2) is 5.96 Å². The van der Waals surface area contributed by atoms with Crippen molar-refractivity contribution in [2.45, 2.75) is 64.7 Å². The maximum absolute atomic E-state index is 12.9. The third-order valence-electron chi connectivity index (χ3n) is 4.59. The summed E-state index contributed by atoms with van der Waals surface area (Å²) in [4.78, 5) is 53.1. The van der Waals surface area contributed by atoms with Gasteiger partial charge in [-0.3, -0.25) is 19.4 Å². The molecule has 32 heavy (non-hydrogen) atoms. The minimum Gasteiger partial charge on any atom is -0.480 e. The Hall–Kier alpha value is -2.54. The van der Waals surface area contributed by atoms with Crippen molar-refractivity contribution in [3.05, 3.63) is 0 Å². The number of carboxylic acids is 1. The summed E-state index contributed by atoms with van der Waals surface area (Å²) in [5, 5.41) is 16.9. The molecule has 13 heteroatoms. The number of carbonyl (C=O) groups excluding carboxylic acids is 3. The molecule has 0 saturated carbocycles. The van der Waals surface area contributed by atoms with Crippen molar-refractivity contribution < 1.29 is 24.3 Å². The van der Waals surface area contributed by atoms with Gasteiger partial charge in [-0.2, -0.15) is 12.6 Å². The van der Waals surface area contributed by atoms with E-state index in [1.54, 1.807) is 27.7 Å². The lowest BCUT2D eigenvalue weighted by Gasteiger charge is -2.27. The minimum atomic E-state index is -1.17. The normalized spacial score (nSPS) is 14.8. The highest BCUT2D eigenvalue weighted by Crippen LogP contribution is 2.08. The monoisotopic (exact) mass is 475 g/mol. The van der Waals surface area contributed by atoms with E-state index in [2.05, 4.69) is 33.6 Å².